The van der Waals surface area contributed by atoms with E-state index in [1.54, 1.807) is 24.3 Å². The number of nitrogens with zero attached hydrogens (tertiary/aromatic N) is 3. The van der Waals surface area contributed by atoms with E-state index >= 15 is 0 Å². The molecule has 0 amide bonds. The molecule has 0 saturated heterocycles. The smallest absolute Gasteiger partial charge is 0.149 e. The Morgan fingerprint density at radius 2 is 1.56 bits per heavy atom. The second-order valence-electron chi connectivity index (χ2n) is 5.42. The Bertz CT molecular complexity index is 1010. The average molecular weight is 354 g/mol. The second kappa shape index (κ2) is 6.52. The fourth-order valence-electron chi connectivity index (χ4n) is 2.47. The minimum absolute atomic E-state index is 0.264. The molecule has 0 aliphatic rings. The van der Waals surface area contributed by atoms with Crippen molar-refractivity contribution in [3.63, 3.8) is 0 Å². The first-order valence-electron chi connectivity index (χ1n) is 7.55. The SMILES string of the molecule is Fc1ccc(CNc2ncnc3c(-c4ccc(F)cc4)nsc23)cc1. The molecule has 124 valence electrons. The van der Waals surface area contributed by atoms with Crippen LogP contribution in [0.2, 0.25) is 0 Å². The molecule has 4 aromatic rings. The van der Waals surface area contributed by atoms with Crippen molar-refractivity contribution < 1.29 is 8.78 Å². The molecule has 0 spiro atoms. The molecule has 1 N–H and O–H groups in total. The lowest BCUT2D eigenvalue weighted by Gasteiger charge is -2.06. The largest absolute Gasteiger partial charge is 0.365 e. The summed E-state index contributed by atoms with van der Waals surface area (Å²) >= 11 is 1.29. The van der Waals surface area contributed by atoms with E-state index in [9.17, 15) is 8.78 Å². The maximum atomic E-state index is 13.1. The third-order valence-corrected chi connectivity index (χ3v) is 4.59. The molecule has 0 unspecified atom stereocenters. The van der Waals surface area contributed by atoms with Crippen molar-refractivity contribution in [2.24, 2.45) is 0 Å². The lowest BCUT2D eigenvalue weighted by molar-refractivity contribution is 0.627. The van der Waals surface area contributed by atoms with Crippen molar-refractivity contribution >= 4 is 27.6 Å². The predicted octanol–water partition coefficient (Wildman–Crippen LogP) is 4.64. The van der Waals surface area contributed by atoms with Crippen LogP contribution in [0.25, 0.3) is 21.5 Å². The van der Waals surface area contributed by atoms with Gasteiger partial charge < -0.3 is 5.32 Å². The van der Waals surface area contributed by atoms with Crippen LogP contribution in [0.4, 0.5) is 14.6 Å². The van der Waals surface area contributed by atoms with Gasteiger partial charge in [0.15, 0.2) is 0 Å². The number of anilines is 1. The first-order valence-corrected chi connectivity index (χ1v) is 8.33. The van der Waals surface area contributed by atoms with E-state index in [1.165, 1.54) is 42.1 Å². The number of halogens is 2. The number of hydrogen-bond donors (Lipinski definition) is 1. The van der Waals surface area contributed by atoms with Crippen LogP contribution >= 0.6 is 11.5 Å². The Morgan fingerprint density at radius 1 is 0.880 bits per heavy atom. The topological polar surface area (TPSA) is 50.7 Å². The van der Waals surface area contributed by atoms with Crippen LogP contribution in [0.15, 0.2) is 54.9 Å². The molecule has 0 aliphatic carbocycles. The molecule has 0 aliphatic heterocycles. The summed E-state index contributed by atoms with van der Waals surface area (Å²) in [6.07, 6.45) is 1.47. The summed E-state index contributed by atoms with van der Waals surface area (Å²) < 4.78 is 31.4. The van der Waals surface area contributed by atoms with Crippen LogP contribution < -0.4 is 5.32 Å². The van der Waals surface area contributed by atoms with E-state index in [0.29, 0.717) is 23.6 Å². The van der Waals surface area contributed by atoms with Gasteiger partial charge in [-0.25, -0.2) is 18.7 Å². The van der Waals surface area contributed by atoms with E-state index in [0.717, 1.165) is 15.8 Å². The minimum atomic E-state index is -0.292. The van der Waals surface area contributed by atoms with Crippen LogP contribution in [0, 0.1) is 11.6 Å². The van der Waals surface area contributed by atoms with Crippen LogP contribution in [0.1, 0.15) is 5.56 Å². The molecule has 0 radical (unpaired) electrons. The summed E-state index contributed by atoms with van der Waals surface area (Å²) in [6.45, 7) is 0.510. The highest BCUT2D eigenvalue weighted by Crippen LogP contribution is 2.32. The highest BCUT2D eigenvalue weighted by molar-refractivity contribution is 7.14. The maximum absolute atomic E-state index is 13.1. The van der Waals surface area contributed by atoms with Gasteiger partial charge in [0.1, 0.15) is 39.7 Å². The highest BCUT2D eigenvalue weighted by atomic mass is 32.1. The molecule has 0 bridgehead atoms. The molecule has 0 fully saturated rings. The van der Waals surface area contributed by atoms with Crippen molar-refractivity contribution in [2.45, 2.75) is 6.54 Å². The third kappa shape index (κ3) is 3.18. The van der Waals surface area contributed by atoms with Gasteiger partial charge in [-0.3, -0.25) is 0 Å². The lowest BCUT2D eigenvalue weighted by Crippen LogP contribution is -2.01. The normalized spacial score (nSPS) is 11.0. The van der Waals surface area contributed by atoms with Gasteiger partial charge in [0.2, 0.25) is 0 Å². The molecule has 4 nitrogen and oxygen atoms in total. The molecule has 0 atom stereocenters. The van der Waals surface area contributed by atoms with Gasteiger partial charge >= 0.3 is 0 Å². The van der Waals surface area contributed by atoms with Crippen molar-refractivity contribution in [1.29, 1.82) is 0 Å². The maximum Gasteiger partial charge on any atom is 0.149 e. The fraction of sp³-hybridized carbons (Fsp3) is 0.0556. The molecule has 2 heterocycles. The molecular weight excluding hydrogens is 342 g/mol. The Labute approximate surface area is 146 Å². The number of nitrogens with one attached hydrogen (secondary N) is 1. The van der Waals surface area contributed by atoms with Crippen LogP contribution in [-0.2, 0) is 6.54 Å². The Morgan fingerprint density at radius 3 is 2.28 bits per heavy atom. The Kier molecular flexibility index (Phi) is 4.07. The summed E-state index contributed by atoms with van der Waals surface area (Å²) in [5, 5.41) is 3.23. The Balaban J connectivity index is 1.64. The van der Waals surface area contributed by atoms with E-state index in [1.807, 2.05) is 0 Å². The minimum Gasteiger partial charge on any atom is -0.365 e. The predicted molar refractivity (Wildman–Crippen MR) is 94.3 cm³/mol. The molecule has 7 heteroatoms. The Hall–Kier alpha value is -2.93. The summed E-state index contributed by atoms with van der Waals surface area (Å²) in [7, 11) is 0. The first kappa shape index (κ1) is 15.6. The summed E-state index contributed by atoms with van der Waals surface area (Å²) in [4.78, 5) is 8.60. The van der Waals surface area contributed by atoms with Crippen LogP contribution in [-0.4, -0.2) is 14.3 Å². The fourth-order valence-corrected chi connectivity index (χ4v) is 3.30. The zero-order valence-electron chi connectivity index (χ0n) is 12.9. The molecule has 25 heavy (non-hydrogen) atoms. The molecular formula is C18H12F2N4S. The average Bonchev–Trinajstić information content (AvgIpc) is 3.07. The van der Waals surface area contributed by atoms with Gasteiger partial charge in [0, 0.05) is 12.1 Å². The summed E-state index contributed by atoms with van der Waals surface area (Å²) in [5.74, 6) is 0.110. The van der Waals surface area contributed by atoms with E-state index in [4.69, 9.17) is 0 Å². The van der Waals surface area contributed by atoms with Gasteiger partial charge in [-0.2, -0.15) is 4.37 Å². The highest BCUT2D eigenvalue weighted by Gasteiger charge is 2.14. The van der Waals surface area contributed by atoms with Crippen molar-refractivity contribution in [2.75, 3.05) is 5.32 Å². The quantitative estimate of drug-likeness (QED) is 0.580. The summed E-state index contributed by atoms with van der Waals surface area (Å²) in [5.41, 5.74) is 3.16. The van der Waals surface area contributed by atoms with E-state index in [-0.39, 0.29) is 11.6 Å². The molecule has 4 rings (SSSR count). The van der Waals surface area contributed by atoms with Crippen LogP contribution in [0.3, 0.4) is 0 Å². The molecule has 2 aromatic heterocycles. The van der Waals surface area contributed by atoms with Gasteiger partial charge in [-0.15, -0.1) is 0 Å². The summed E-state index contributed by atoms with van der Waals surface area (Å²) in [6, 6.07) is 12.4. The van der Waals surface area contributed by atoms with Crippen molar-refractivity contribution in [1.82, 2.24) is 14.3 Å². The van der Waals surface area contributed by atoms with Crippen molar-refractivity contribution in [3.8, 4) is 11.3 Å². The standard InChI is InChI=1S/C18H12F2N4S/c19-13-5-1-11(2-6-13)9-21-18-17-16(22-10-23-18)15(24-25-17)12-3-7-14(20)8-4-12/h1-8,10H,9H2,(H,21,22,23). The third-order valence-electron chi connectivity index (χ3n) is 3.75. The van der Waals surface area contributed by atoms with Gasteiger partial charge in [-0.05, 0) is 53.5 Å². The van der Waals surface area contributed by atoms with E-state index < -0.39 is 0 Å². The zero-order chi connectivity index (χ0) is 17.2. The number of rotatable bonds is 4. The second-order valence-corrected chi connectivity index (χ2v) is 6.19. The monoisotopic (exact) mass is 354 g/mol. The van der Waals surface area contributed by atoms with Crippen LogP contribution in [0.5, 0.6) is 0 Å². The number of benzene rings is 2. The first-order chi connectivity index (χ1) is 12.2. The van der Waals surface area contributed by atoms with Gasteiger partial charge in [0.25, 0.3) is 0 Å². The van der Waals surface area contributed by atoms with Gasteiger partial charge in [-0.1, -0.05) is 12.1 Å². The lowest BCUT2D eigenvalue weighted by atomic mass is 10.1. The van der Waals surface area contributed by atoms with Gasteiger partial charge in [0.05, 0.1) is 0 Å². The number of fused-ring (bicyclic) bond motifs is 1. The molecule has 2 aromatic carbocycles. The zero-order valence-corrected chi connectivity index (χ0v) is 13.7. The van der Waals surface area contributed by atoms with Crippen molar-refractivity contribution in [3.05, 3.63) is 72.1 Å². The number of hydrogen-bond acceptors (Lipinski definition) is 5. The molecule has 0 saturated carbocycles. The van der Waals surface area contributed by atoms with E-state index in [2.05, 4.69) is 19.7 Å². The number of aromatic nitrogens is 3.